The van der Waals surface area contributed by atoms with E-state index < -0.39 is 0 Å². The maximum atomic E-state index is 12.3. The van der Waals surface area contributed by atoms with Crippen molar-refractivity contribution in [1.29, 1.82) is 0 Å². The summed E-state index contributed by atoms with van der Waals surface area (Å²) in [6.45, 7) is 4.81. The van der Waals surface area contributed by atoms with E-state index in [9.17, 15) is 4.79 Å². The topological polar surface area (TPSA) is 79.8 Å². The van der Waals surface area contributed by atoms with Crippen molar-refractivity contribution >= 4 is 27.7 Å². The van der Waals surface area contributed by atoms with Crippen molar-refractivity contribution < 1.29 is 4.79 Å². The molecule has 0 aromatic carbocycles. The minimum absolute atomic E-state index is 0.198. The summed E-state index contributed by atoms with van der Waals surface area (Å²) in [5.74, 6) is 1.05. The van der Waals surface area contributed by atoms with Crippen LogP contribution in [-0.2, 0) is 6.54 Å². The third kappa shape index (κ3) is 4.22. The molecule has 0 saturated heterocycles. The number of carbonyl (C=O) groups is 1. The van der Waals surface area contributed by atoms with Gasteiger partial charge >= 0.3 is 0 Å². The molecule has 0 bridgehead atoms. The smallest absolute Gasteiger partial charge is 0.255 e. The van der Waals surface area contributed by atoms with Crippen molar-refractivity contribution in [3.63, 3.8) is 0 Å². The maximum absolute atomic E-state index is 12.3. The second-order valence-electron chi connectivity index (χ2n) is 4.36. The van der Waals surface area contributed by atoms with Gasteiger partial charge in [0.05, 0.1) is 17.8 Å². The number of aryl methyl sites for hydroxylation is 1. The normalized spacial score (nSPS) is 10.2. The molecule has 0 fully saturated rings. The summed E-state index contributed by atoms with van der Waals surface area (Å²) in [6, 6.07) is 3.52. The van der Waals surface area contributed by atoms with Crippen LogP contribution in [0, 0.1) is 6.92 Å². The number of hydrogen-bond donors (Lipinski definition) is 2. The number of pyridine rings is 1. The number of nitrogens with one attached hydrogen (secondary N) is 2. The van der Waals surface area contributed by atoms with Gasteiger partial charge in [0.1, 0.15) is 11.6 Å². The Morgan fingerprint density at radius 1 is 1.38 bits per heavy atom. The van der Waals surface area contributed by atoms with Crippen molar-refractivity contribution in [2.24, 2.45) is 0 Å². The number of hydrogen-bond acceptors (Lipinski definition) is 5. The molecule has 7 heteroatoms. The van der Waals surface area contributed by atoms with Crippen molar-refractivity contribution in [2.45, 2.75) is 20.4 Å². The van der Waals surface area contributed by atoms with Crippen LogP contribution in [0.2, 0.25) is 0 Å². The molecule has 0 spiro atoms. The van der Waals surface area contributed by atoms with E-state index in [0.29, 0.717) is 30.3 Å². The molecule has 2 aromatic heterocycles. The van der Waals surface area contributed by atoms with Crippen molar-refractivity contribution in [3.05, 3.63) is 46.1 Å². The van der Waals surface area contributed by atoms with Gasteiger partial charge in [0, 0.05) is 23.4 Å². The Kier molecular flexibility index (Phi) is 5.21. The molecule has 2 aromatic rings. The van der Waals surface area contributed by atoms with E-state index in [1.54, 1.807) is 24.5 Å². The molecule has 0 radical (unpaired) electrons. The molecule has 1 amide bonds. The minimum atomic E-state index is -0.198. The predicted octanol–water partition coefficient (Wildman–Crippen LogP) is 2.30. The lowest BCUT2D eigenvalue weighted by molar-refractivity contribution is 0.0951. The summed E-state index contributed by atoms with van der Waals surface area (Å²) < 4.78 is 0.757. The van der Waals surface area contributed by atoms with Crippen LogP contribution < -0.4 is 10.6 Å². The number of halogens is 1. The molecule has 0 aliphatic heterocycles. The summed E-state index contributed by atoms with van der Waals surface area (Å²) in [7, 11) is 0. The molecular weight excluding hydrogens is 334 g/mol. The van der Waals surface area contributed by atoms with Gasteiger partial charge < -0.3 is 10.6 Å². The SMILES string of the molecule is CCNc1ncc(Br)cc1C(=O)NCc1ccnc(C)n1. The number of aromatic nitrogens is 3. The lowest BCUT2D eigenvalue weighted by Gasteiger charge is -2.10. The number of rotatable bonds is 5. The first kappa shape index (κ1) is 15.4. The molecule has 2 rings (SSSR count). The Bertz CT molecular complexity index is 647. The van der Waals surface area contributed by atoms with Crippen LogP contribution in [0.1, 0.15) is 28.8 Å². The zero-order chi connectivity index (χ0) is 15.2. The molecule has 0 aliphatic carbocycles. The molecule has 2 N–H and O–H groups in total. The van der Waals surface area contributed by atoms with E-state index in [1.807, 2.05) is 13.8 Å². The molecule has 0 unspecified atom stereocenters. The van der Waals surface area contributed by atoms with Crippen LogP contribution in [0.5, 0.6) is 0 Å². The van der Waals surface area contributed by atoms with Gasteiger partial charge in [0.2, 0.25) is 0 Å². The highest BCUT2D eigenvalue weighted by atomic mass is 79.9. The zero-order valence-electron chi connectivity index (χ0n) is 11.9. The van der Waals surface area contributed by atoms with E-state index in [-0.39, 0.29) is 5.91 Å². The first-order chi connectivity index (χ1) is 10.1. The summed E-state index contributed by atoms with van der Waals surface area (Å²) in [4.78, 5) is 24.8. The third-order valence-corrected chi connectivity index (χ3v) is 3.14. The number of anilines is 1. The average Bonchev–Trinajstić information content (AvgIpc) is 2.47. The van der Waals surface area contributed by atoms with Crippen molar-refractivity contribution in [1.82, 2.24) is 20.3 Å². The third-order valence-electron chi connectivity index (χ3n) is 2.71. The lowest BCUT2D eigenvalue weighted by Crippen LogP contribution is -2.25. The molecule has 6 nitrogen and oxygen atoms in total. The monoisotopic (exact) mass is 349 g/mol. The van der Waals surface area contributed by atoms with Gasteiger partial charge in [-0.25, -0.2) is 15.0 Å². The summed E-state index contributed by atoms with van der Waals surface area (Å²) >= 11 is 3.33. The number of carbonyl (C=O) groups excluding carboxylic acids is 1. The first-order valence-corrected chi connectivity index (χ1v) is 7.35. The Hall–Kier alpha value is -2.02. The van der Waals surface area contributed by atoms with E-state index in [0.717, 1.165) is 10.2 Å². The minimum Gasteiger partial charge on any atom is -0.370 e. The summed E-state index contributed by atoms with van der Waals surface area (Å²) in [5.41, 5.74) is 1.26. The van der Waals surface area contributed by atoms with Crippen LogP contribution in [0.3, 0.4) is 0 Å². The largest absolute Gasteiger partial charge is 0.370 e. The Morgan fingerprint density at radius 3 is 2.90 bits per heavy atom. The quantitative estimate of drug-likeness (QED) is 0.865. The molecule has 2 heterocycles. The highest BCUT2D eigenvalue weighted by molar-refractivity contribution is 9.10. The van der Waals surface area contributed by atoms with Crippen LogP contribution in [-0.4, -0.2) is 27.4 Å². The second kappa shape index (κ2) is 7.12. The fourth-order valence-corrected chi connectivity index (χ4v) is 2.12. The van der Waals surface area contributed by atoms with Crippen molar-refractivity contribution in [3.8, 4) is 0 Å². The van der Waals surface area contributed by atoms with Crippen LogP contribution in [0.4, 0.5) is 5.82 Å². The predicted molar refractivity (Wildman–Crippen MR) is 84.0 cm³/mol. The van der Waals surface area contributed by atoms with Gasteiger partial charge in [-0.15, -0.1) is 0 Å². The molecule has 0 aliphatic rings. The molecule has 110 valence electrons. The molecular formula is C14H16BrN5O. The summed E-state index contributed by atoms with van der Waals surface area (Å²) in [6.07, 6.45) is 3.33. The fourth-order valence-electron chi connectivity index (χ4n) is 1.79. The van der Waals surface area contributed by atoms with Gasteiger partial charge in [0.15, 0.2) is 0 Å². The van der Waals surface area contributed by atoms with Crippen molar-refractivity contribution in [2.75, 3.05) is 11.9 Å². The molecule has 0 saturated carbocycles. The average molecular weight is 350 g/mol. The van der Waals surface area contributed by atoms with E-state index in [4.69, 9.17) is 0 Å². The molecule has 21 heavy (non-hydrogen) atoms. The van der Waals surface area contributed by atoms with Gasteiger partial charge in [-0.2, -0.15) is 0 Å². The van der Waals surface area contributed by atoms with Crippen LogP contribution in [0.15, 0.2) is 29.0 Å². The first-order valence-electron chi connectivity index (χ1n) is 6.56. The van der Waals surface area contributed by atoms with Crippen LogP contribution >= 0.6 is 15.9 Å². The Morgan fingerprint density at radius 2 is 2.19 bits per heavy atom. The zero-order valence-corrected chi connectivity index (χ0v) is 13.4. The van der Waals surface area contributed by atoms with Gasteiger partial charge in [0.25, 0.3) is 5.91 Å². The maximum Gasteiger partial charge on any atom is 0.255 e. The fraction of sp³-hybridized carbons (Fsp3) is 0.286. The highest BCUT2D eigenvalue weighted by Gasteiger charge is 2.13. The van der Waals surface area contributed by atoms with E-state index in [1.165, 1.54) is 0 Å². The Balaban J connectivity index is 2.11. The summed E-state index contributed by atoms with van der Waals surface area (Å²) in [5, 5.41) is 5.91. The standard InChI is InChI=1S/C14H16BrN5O/c1-3-16-13-12(6-10(15)7-18-13)14(21)19-8-11-4-5-17-9(2)20-11/h4-7H,3,8H2,1-2H3,(H,16,18)(H,19,21). The number of amides is 1. The van der Waals surface area contributed by atoms with E-state index in [2.05, 4.69) is 41.5 Å². The highest BCUT2D eigenvalue weighted by Crippen LogP contribution is 2.18. The lowest BCUT2D eigenvalue weighted by atomic mass is 10.2. The van der Waals surface area contributed by atoms with Gasteiger partial charge in [-0.05, 0) is 41.9 Å². The Labute approximate surface area is 131 Å². The van der Waals surface area contributed by atoms with Gasteiger partial charge in [-0.3, -0.25) is 4.79 Å². The molecule has 0 atom stereocenters. The van der Waals surface area contributed by atoms with Gasteiger partial charge in [-0.1, -0.05) is 0 Å². The van der Waals surface area contributed by atoms with E-state index >= 15 is 0 Å². The van der Waals surface area contributed by atoms with Crippen LogP contribution in [0.25, 0.3) is 0 Å². The number of nitrogens with zero attached hydrogens (tertiary/aromatic N) is 3. The second-order valence-corrected chi connectivity index (χ2v) is 5.27.